The van der Waals surface area contributed by atoms with Gasteiger partial charge in [0.25, 0.3) is 0 Å². The van der Waals surface area contributed by atoms with Gasteiger partial charge in [0.2, 0.25) is 0 Å². The zero-order valence-electron chi connectivity index (χ0n) is 19.0. The molecule has 1 saturated carbocycles. The number of nitrogens with two attached hydrogens (primary N) is 1. The maximum absolute atomic E-state index is 13.3. The monoisotopic (exact) mass is 482 g/mol. The molecular weight excluding hydrogens is 457 g/mol. The maximum atomic E-state index is 13.3. The van der Waals surface area contributed by atoms with Crippen molar-refractivity contribution in [2.75, 3.05) is 5.32 Å². The first kappa shape index (κ1) is 24.2. The van der Waals surface area contributed by atoms with Crippen LogP contribution in [0.5, 0.6) is 0 Å². The van der Waals surface area contributed by atoms with Crippen LogP contribution in [-0.2, 0) is 6.54 Å². The highest BCUT2D eigenvalue weighted by molar-refractivity contribution is 6.03. The highest BCUT2D eigenvalue weighted by atomic mass is 19.4. The predicted molar refractivity (Wildman–Crippen MR) is 131 cm³/mol. The minimum Gasteiger partial charge on any atom is -0.390 e. The number of anilines is 1. The molecule has 1 aromatic heterocycles. The number of aliphatic imine (C=N–C) groups is 3. The van der Waals surface area contributed by atoms with E-state index in [1.54, 1.807) is 12.1 Å². The summed E-state index contributed by atoms with van der Waals surface area (Å²) in [5, 5.41) is 8.86. The second kappa shape index (κ2) is 10.6. The zero-order chi connectivity index (χ0) is 24.8. The molecule has 5 N–H and O–H groups in total. The summed E-state index contributed by atoms with van der Waals surface area (Å²) in [7, 11) is 0. The van der Waals surface area contributed by atoms with Gasteiger partial charge in [0, 0.05) is 12.5 Å². The van der Waals surface area contributed by atoms with E-state index in [1.807, 2.05) is 24.3 Å². The number of halogens is 3. The van der Waals surface area contributed by atoms with E-state index in [1.165, 1.54) is 6.34 Å². The summed E-state index contributed by atoms with van der Waals surface area (Å²) in [6, 6.07) is 9.11. The van der Waals surface area contributed by atoms with Crippen LogP contribution in [0.3, 0.4) is 0 Å². The molecule has 8 nitrogen and oxygen atoms in total. The smallest absolute Gasteiger partial charge is 0.390 e. The Kier molecular flexibility index (Phi) is 7.31. The maximum Gasteiger partial charge on any atom is 0.408 e. The summed E-state index contributed by atoms with van der Waals surface area (Å²) in [5.74, 6) is 6.57. The number of benzene rings is 1. The minimum absolute atomic E-state index is 0.0568. The number of aromatic nitrogens is 1. The third-order valence-corrected chi connectivity index (χ3v) is 5.29. The SMILES string of the molecule is CC(NC1=NC(NCc2ccc(N=CN=CN)cc2)Nc2ccc(C#CC3CC3)nc21)C(F)(F)F. The molecule has 11 heteroatoms. The van der Waals surface area contributed by atoms with Crippen molar-refractivity contribution in [1.29, 1.82) is 0 Å². The minimum atomic E-state index is -4.43. The Labute approximate surface area is 201 Å². The highest BCUT2D eigenvalue weighted by Crippen LogP contribution is 2.28. The van der Waals surface area contributed by atoms with Gasteiger partial charge in [-0.05, 0) is 55.5 Å². The summed E-state index contributed by atoms with van der Waals surface area (Å²) >= 11 is 0. The number of nitrogens with zero attached hydrogens (tertiary/aromatic N) is 4. The molecule has 1 aromatic carbocycles. The van der Waals surface area contributed by atoms with Gasteiger partial charge in [-0.1, -0.05) is 18.1 Å². The van der Waals surface area contributed by atoms with E-state index in [9.17, 15) is 13.2 Å². The van der Waals surface area contributed by atoms with Crippen LogP contribution in [0, 0.1) is 17.8 Å². The van der Waals surface area contributed by atoms with Crippen LogP contribution in [0.15, 0.2) is 51.4 Å². The highest BCUT2D eigenvalue weighted by Gasteiger charge is 2.38. The number of hydrogen-bond donors (Lipinski definition) is 4. The van der Waals surface area contributed by atoms with Crippen LogP contribution in [-0.4, -0.2) is 42.0 Å². The van der Waals surface area contributed by atoms with Gasteiger partial charge in [0.05, 0.1) is 17.7 Å². The lowest BCUT2D eigenvalue weighted by atomic mass is 10.2. The van der Waals surface area contributed by atoms with E-state index >= 15 is 0 Å². The molecule has 1 fully saturated rings. The lowest BCUT2D eigenvalue weighted by Gasteiger charge is -2.28. The molecule has 182 valence electrons. The van der Waals surface area contributed by atoms with E-state index in [-0.39, 0.29) is 5.84 Å². The Balaban J connectivity index is 1.50. The Morgan fingerprint density at radius 2 is 2.00 bits per heavy atom. The van der Waals surface area contributed by atoms with Crippen LogP contribution in [0.25, 0.3) is 0 Å². The summed E-state index contributed by atoms with van der Waals surface area (Å²) in [6.07, 6.45) is -0.453. The van der Waals surface area contributed by atoms with Crippen molar-refractivity contribution in [2.24, 2.45) is 26.6 Å². The fourth-order valence-electron chi connectivity index (χ4n) is 3.14. The molecule has 2 heterocycles. The van der Waals surface area contributed by atoms with E-state index in [0.29, 0.717) is 35.2 Å². The molecular formula is C24H25F3N8. The first-order chi connectivity index (χ1) is 16.8. The summed E-state index contributed by atoms with van der Waals surface area (Å²) in [5.41, 5.74) is 8.19. The van der Waals surface area contributed by atoms with Crippen LogP contribution in [0.1, 0.15) is 36.7 Å². The van der Waals surface area contributed by atoms with Gasteiger partial charge < -0.3 is 16.4 Å². The normalized spacial score (nSPS) is 18.4. The number of nitrogens with one attached hydrogen (secondary N) is 3. The van der Waals surface area contributed by atoms with Gasteiger partial charge in [-0.15, -0.1) is 0 Å². The van der Waals surface area contributed by atoms with Crippen molar-refractivity contribution in [3.8, 4) is 11.8 Å². The van der Waals surface area contributed by atoms with Crippen molar-refractivity contribution in [1.82, 2.24) is 15.6 Å². The number of alkyl halides is 3. The van der Waals surface area contributed by atoms with E-state index in [2.05, 4.69) is 47.8 Å². The molecule has 35 heavy (non-hydrogen) atoms. The zero-order valence-corrected chi connectivity index (χ0v) is 19.0. The van der Waals surface area contributed by atoms with Gasteiger partial charge in [-0.25, -0.2) is 20.0 Å². The molecule has 1 aliphatic heterocycles. The Bertz CT molecular complexity index is 1190. The van der Waals surface area contributed by atoms with Gasteiger partial charge in [0.1, 0.15) is 23.8 Å². The molecule has 1 aliphatic carbocycles. The van der Waals surface area contributed by atoms with Crippen molar-refractivity contribution < 1.29 is 13.2 Å². The summed E-state index contributed by atoms with van der Waals surface area (Å²) in [6.45, 7) is 1.47. The van der Waals surface area contributed by atoms with Crippen molar-refractivity contribution in [2.45, 2.75) is 44.8 Å². The van der Waals surface area contributed by atoms with Crippen molar-refractivity contribution in [3.05, 3.63) is 53.3 Å². The second-order valence-electron chi connectivity index (χ2n) is 8.16. The molecule has 0 saturated heterocycles. The van der Waals surface area contributed by atoms with Gasteiger partial charge >= 0.3 is 6.18 Å². The average Bonchev–Trinajstić information content (AvgIpc) is 3.66. The Hall–Kier alpha value is -3.91. The Morgan fingerprint density at radius 1 is 1.23 bits per heavy atom. The van der Waals surface area contributed by atoms with Gasteiger partial charge in [0.15, 0.2) is 12.1 Å². The number of fused-ring (bicyclic) bond motifs is 1. The first-order valence-corrected chi connectivity index (χ1v) is 11.1. The Morgan fingerprint density at radius 3 is 2.69 bits per heavy atom. The molecule has 0 amide bonds. The van der Waals surface area contributed by atoms with Crippen LogP contribution in [0.2, 0.25) is 0 Å². The third kappa shape index (κ3) is 6.80. The second-order valence-corrected chi connectivity index (χ2v) is 8.16. The number of rotatable bonds is 6. The van der Waals surface area contributed by atoms with E-state index < -0.39 is 18.5 Å². The average molecular weight is 483 g/mol. The van der Waals surface area contributed by atoms with Crippen LogP contribution < -0.4 is 21.7 Å². The van der Waals surface area contributed by atoms with Crippen molar-refractivity contribution >= 4 is 29.9 Å². The quantitative estimate of drug-likeness (QED) is 0.287. The standard InChI is InChI=1S/C24H25F3N8/c1-15(24(25,26)27)32-22-21-20(11-10-19(33-21)9-4-16-2-3-16)34-23(35-22)30-12-17-5-7-18(8-6-17)31-14-29-13-28/h5-8,10-11,13-16,23,30,34H,2-3,12H2,1H3,(H,32,35)(H2,28,29,31). The lowest BCUT2D eigenvalue weighted by molar-refractivity contribution is -0.147. The fraction of sp³-hybridized carbons (Fsp3) is 0.333. The van der Waals surface area contributed by atoms with Crippen LogP contribution in [0.4, 0.5) is 24.5 Å². The largest absolute Gasteiger partial charge is 0.408 e. The molecule has 2 aromatic rings. The first-order valence-electron chi connectivity index (χ1n) is 11.1. The predicted octanol–water partition coefficient (Wildman–Crippen LogP) is 3.28. The molecule has 2 unspecified atom stereocenters. The van der Waals surface area contributed by atoms with Gasteiger partial charge in [-0.3, -0.25) is 5.32 Å². The topological polar surface area (TPSA) is 112 Å². The fourth-order valence-corrected chi connectivity index (χ4v) is 3.14. The molecule has 4 rings (SSSR count). The van der Waals surface area contributed by atoms with Crippen LogP contribution >= 0.6 is 0 Å². The molecule has 0 radical (unpaired) electrons. The van der Waals surface area contributed by atoms with Crippen molar-refractivity contribution in [3.63, 3.8) is 0 Å². The molecule has 2 aliphatic rings. The van der Waals surface area contributed by atoms with E-state index in [4.69, 9.17) is 5.73 Å². The number of amidine groups is 1. The molecule has 0 bridgehead atoms. The summed E-state index contributed by atoms with van der Waals surface area (Å²) in [4.78, 5) is 16.7. The molecule has 2 atom stereocenters. The lowest BCUT2D eigenvalue weighted by Crippen LogP contribution is -2.48. The van der Waals surface area contributed by atoms with Gasteiger partial charge in [-0.2, -0.15) is 13.2 Å². The third-order valence-electron chi connectivity index (χ3n) is 5.29. The molecule has 0 spiro atoms. The summed E-state index contributed by atoms with van der Waals surface area (Å²) < 4.78 is 39.8. The number of pyridine rings is 1. The number of hydrogen-bond acceptors (Lipinski definition) is 6. The van der Waals surface area contributed by atoms with E-state index in [0.717, 1.165) is 31.7 Å².